The van der Waals surface area contributed by atoms with Crippen LogP contribution in [0.1, 0.15) is 29.2 Å². The quantitative estimate of drug-likeness (QED) is 0.478. The molecule has 1 aromatic carbocycles. The average Bonchev–Trinajstić information content (AvgIpc) is 3.50. The maximum atomic E-state index is 14.2. The SMILES string of the molecule is COCCNC(=O)c1cn(CC2CC(F)CN2C(=O)CCc2nc3ccccc3[nH]2)nn1. The Morgan fingerprint density at radius 3 is 3.00 bits per heavy atom. The molecule has 170 valence electrons. The fourth-order valence-corrected chi connectivity index (χ4v) is 3.90. The van der Waals surface area contributed by atoms with E-state index < -0.39 is 6.17 Å². The normalized spacial score (nSPS) is 18.4. The number of carbonyl (C=O) groups is 2. The molecule has 1 fully saturated rings. The van der Waals surface area contributed by atoms with Gasteiger partial charge in [-0.2, -0.15) is 0 Å². The van der Waals surface area contributed by atoms with Crippen molar-refractivity contribution in [2.24, 2.45) is 0 Å². The third kappa shape index (κ3) is 5.10. The minimum absolute atomic E-state index is 0.0582. The number of alkyl halides is 1. The van der Waals surface area contributed by atoms with Gasteiger partial charge in [0, 0.05) is 32.9 Å². The molecule has 0 aliphatic carbocycles. The Bertz CT molecular complexity index is 1050. The van der Waals surface area contributed by atoms with Crippen molar-refractivity contribution < 1.29 is 18.7 Å². The molecule has 3 heterocycles. The molecule has 1 saturated heterocycles. The maximum Gasteiger partial charge on any atom is 0.273 e. The number of ether oxygens (including phenoxy) is 1. The summed E-state index contributed by atoms with van der Waals surface area (Å²) in [7, 11) is 1.55. The minimum atomic E-state index is -1.09. The van der Waals surface area contributed by atoms with Gasteiger partial charge in [-0.25, -0.2) is 14.1 Å². The minimum Gasteiger partial charge on any atom is -0.383 e. The summed E-state index contributed by atoms with van der Waals surface area (Å²) < 4.78 is 20.5. The third-order valence-electron chi connectivity index (χ3n) is 5.46. The number of amides is 2. The molecule has 2 amide bonds. The Kier molecular flexibility index (Phi) is 6.74. The highest BCUT2D eigenvalue weighted by Gasteiger charge is 2.35. The molecular formula is C21H26FN7O3. The van der Waals surface area contributed by atoms with Gasteiger partial charge in [-0.05, 0) is 12.1 Å². The number of nitrogens with zero attached hydrogens (tertiary/aromatic N) is 5. The summed E-state index contributed by atoms with van der Waals surface area (Å²) in [6, 6.07) is 7.32. The van der Waals surface area contributed by atoms with E-state index in [9.17, 15) is 14.0 Å². The molecule has 1 aliphatic heterocycles. The first kappa shape index (κ1) is 21.9. The smallest absolute Gasteiger partial charge is 0.273 e. The van der Waals surface area contributed by atoms with E-state index in [1.165, 1.54) is 10.9 Å². The lowest BCUT2D eigenvalue weighted by molar-refractivity contribution is -0.132. The fraction of sp³-hybridized carbons (Fsp3) is 0.476. The lowest BCUT2D eigenvalue weighted by Gasteiger charge is -2.24. The highest BCUT2D eigenvalue weighted by Crippen LogP contribution is 2.23. The number of aromatic amines is 1. The van der Waals surface area contributed by atoms with Crippen LogP contribution < -0.4 is 5.32 Å². The number of methoxy groups -OCH3 is 1. The van der Waals surface area contributed by atoms with Gasteiger partial charge in [0.05, 0.1) is 43.0 Å². The van der Waals surface area contributed by atoms with E-state index in [2.05, 4.69) is 25.6 Å². The molecule has 32 heavy (non-hydrogen) atoms. The van der Waals surface area contributed by atoms with Crippen molar-refractivity contribution in [3.05, 3.63) is 42.0 Å². The number of para-hydroxylation sites is 2. The van der Waals surface area contributed by atoms with E-state index in [0.717, 1.165) is 16.9 Å². The number of likely N-dealkylation sites (tertiary alicyclic amines) is 1. The number of halogens is 1. The Morgan fingerprint density at radius 2 is 2.19 bits per heavy atom. The summed E-state index contributed by atoms with van der Waals surface area (Å²) in [5.74, 6) is 0.239. The van der Waals surface area contributed by atoms with Crippen molar-refractivity contribution in [1.82, 2.24) is 35.2 Å². The van der Waals surface area contributed by atoms with Crippen molar-refractivity contribution in [2.75, 3.05) is 26.8 Å². The first-order chi connectivity index (χ1) is 15.5. The summed E-state index contributed by atoms with van der Waals surface area (Å²) in [5, 5.41) is 10.5. The van der Waals surface area contributed by atoms with Crippen LogP contribution >= 0.6 is 0 Å². The van der Waals surface area contributed by atoms with Gasteiger partial charge in [0.2, 0.25) is 5.91 Å². The van der Waals surface area contributed by atoms with Crippen LogP contribution in [-0.2, 0) is 22.5 Å². The second-order valence-corrected chi connectivity index (χ2v) is 7.81. The number of imidazole rings is 1. The van der Waals surface area contributed by atoms with Gasteiger partial charge in [0.15, 0.2) is 5.69 Å². The number of fused-ring (bicyclic) bond motifs is 1. The fourth-order valence-electron chi connectivity index (χ4n) is 3.90. The van der Waals surface area contributed by atoms with Crippen molar-refractivity contribution in [3.8, 4) is 0 Å². The molecule has 2 aromatic heterocycles. The zero-order valence-corrected chi connectivity index (χ0v) is 17.8. The van der Waals surface area contributed by atoms with Crippen molar-refractivity contribution in [1.29, 1.82) is 0 Å². The van der Waals surface area contributed by atoms with Gasteiger partial charge in [-0.3, -0.25) is 9.59 Å². The highest BCUT2D eigenvalue weighted by atomic mass is 19.1. The van der Waals surface area contributed by atoms with Gasteiger partial charge >= 0.3 is 0 Å². The molecule has 4 rings (SSSR count). The lowest BCUT2D eigenvalue weighted by atomic mass is 10.2. The number of H-pyrrole nitrogens is 1. The number of nitrogens with one attached hydrogen (secondary N) is 2. The Morgan fingerprint density at radius 1 is 1.34 bits per heavy atom. The van der Waals surface area contributed by atoms with Gasteiger partial charge < -0.3 is 19.9 Å². The van der Waals surface area contributed by atoms with Gasteiger partial charge in [0.1, 0.15) is 12.0 Å². The van der Waals surface area contributed by atoms with Crippen molar-refractivity contribution in [3.63, 3.8) is 0 Å². The predicted octanol–water partition coefficient (Wildman–Crippen LogP) is 1.10. The summed E-state index contributed by atoms with van der Waals surface area (Å²) in [6.45, 7) is 1.09. The van der Waals surface area contributed by atoms with Gasteiger partial charge in [0.25, 0.3) is 5.91 Å². The predicted molar refractivity (Wildman–Crippen MR) is 114 cm³/mol. The number of hydrogen-bond acceptors (Lipinski definition) is 6. The topological polar surface area (TPSA) is 118 Å². The molecule has 0 saturated carbocycles. The maximum absolute atomic E-state index is 14.2. The molecule has 1 aliphatic rings. The molecule has 0 bridgehead atoms. The largest absolute Gasteiger partial charge is 0.383 e. The van der Waals surface area contributed by atoms with Crippen LogP contribution in [0.5, 0.6) is 0 Å². The Hall–Kier alpha value is -3.34. The average molecular weight is 443 g/mol. The molecular weight excluding hydrogens is 417 g/mol. The van der Waals surface area contributed by atoms with E-state index in [4.69, 9.17) is 4.74 Å². The number of hydrogen-bond donors (Lipinski definition) is 2. The van der Waals surface area contributed by atoms with Crippen LogP contribution in [0.4, 0.5) is 4.39 Å². The van der Waals surface area contributed by atoms with Crippen molar-refractivity contribution >= 4 is 22.8 Å². The number of benzene rings is 1. The molecule has 3 aromatic rings. The van der Waals surface area contributed by atoms with Crippen LogP contribution in [0.15, 0.2) is 30.5 Å². The number of aromatic nitrogens is 5. The van der Waals surface area contributed by atoms with Crippen molar-refractivity contribution in [2.45, 2.75) is 38.0 Å². The molecule has 10 nitrogen and oxygen atoms in total. The zero-order valence-electron chi connectivity index (χ0n) is 17.8. The van der Waals surface area contributed by atoms with Crippen LogP contribution in [0.3, 0.4) is 0 Å². The van der Waals surface area contributed by atoms with Crippen LogP contribution in [0.25, 0.3) is 11.0 Å². The summed E-state index contributed by atoms with van der Waals surface area (Å²) in [5.41, 5.74) is 1.94. The van der Waals surface area contributed by atoms with E-state index >= 15 is 0 Å². The van der Waals surface area contributed by atoms with E-state index in [1.807, 2.05) is 24.3 Å². The third-order valence-corrected chi connectivity index (χ3v) is 5.46. The second-order valence-electron chi connectivity index (χ2n) is 7.81. The first-order valence-corrected chi connectivity index (χ1v) is 10.6. The standard InChI is InChI=1S/C21H26FN7O3/c1-32-9-8-23-21(31)18-13-28(27-26-18)12-15-10-14(22)11-29(15)20(30)7-6-19-24-16-4-2-3-5-17(16)25-19/h2-5,13-15H,6-12H2,1H3,(H,23,31)(H,24,25). The Balaban J connectivity index is 1.34. The van der Waals surface area contributed by atoms with E-state index in [-0.39, 0.29) is 49.5 Å². The molecule has 0 radical (unpaired) electrons. The number of rotatable bonds is 9. The second kappa shape index (κ2) is 9.86. The zero-order chi connectivity index (χ0) is 22.5. The lowest BCUT2D eigenvalue weighted by Crippen LogP contribution is -2.38. The number of aryl methyl sites for hydroxylation is 1. The molecule has 0 spiro atoms. The van der Waals surface area contributed by atoms with Crippen LogP contribution in [0, 0.1) is 0 Å². The van der Waals surface area contributed by atoms with Gasteiger partial charge in [-0.15, -0.1) is 5.10 Å². The Labute approximate surface area is 184 Å². The van der Waals surface area contributed by atoms with Crippen LogP contribution in [0.2, 0.25) is 0 Å². The van der Waals surface area contributed by atoms with Crippen LogP contribution in [-0.4, -0.2) is 80.7 Å². The molecule has 2 atom stereocenters. The molecule has 2 unspecified atom stereocenters. The van der Waals surface area contributed by atoms with E-state index in [1.54, 1.807) is 12.0 Å². The monoisotopic (exact) mass is 443 g/mol. The highest BCUT2D eigenvalue weighted by molar-refractivity contribution is 5.91. The summed E-state index contributed by atoms with van der Waals surface area (Å²) in [4.78, 5) is 34.2. The molecule has 11 heteroatoms. The molecule has 2 N–H and O–H groups in total. The van der Waals surface area contributed by atoms with Gasteiger partial charge in [-0.1, -0.05) is 17.3 Å². The number of carbonyl (C=O) groups excluding carboxylic acids is 2. The summed E-state index contributed by atoms with van der Waals surface area (Å²) in [6.07, 6.45) is 1.32. The van der Waals surface area contributed by atoms with E-state index in [0.29, 0.717) is 19.6 Å². The first-order valence-electron chi connectivity index (χ1n) is 10.6. The summed E-state index contributed by atoms with van der Waals surface area (Å²) >= 11 is 0.